The number of amides is 1. The first-order valence-corrected chi connectivity index (χ1v) is 9.31. The lowest BCUT2D eigenvalue weighted by Gasteiger charge is -2.09. The number of anilines is 1. The van der Waals surface area contributed by atoms with Crippen LogP contribution in [0.4, 0.5) is 5.69 Å². The molecule has 0 bridgehead atoms. The molecule has 1 amide bonds. The first-order valence-electron chi connectivity index (χ1n) is 8.32. The molecule has 8 heteroatoms. The molecule has 0 aliphatic carbocycles. The molecule has 0 fully saturated rings. The fourth-order valence-corrected chi connectivity index (χ4v) is 3.24. The summed E-state index contributed by atoms with van der Waals surface area (Å²) in [6, 6.07) is 13.3. The third kappa shape index (κ3) is 4.40. The van der Waals surface area contributed by atoms with Gasteiger partial charge in [-0.25, -0.2) is 4.68 Å². The van der Waals surface area contributed by atoms with Gasteiger partial charge in [-0.2, -0.15) is 0 Å². The van der Waals surface area contributed by atoms with Gasteiger partial charge in [0.15, 0.2) is 5.82 Å². The Morgan fingerprint density at radius 3 is 2.59 bits per heavy atom. The number of nitrogens with two attached hydrogens (primary N) is 1. The number of thioether (sulfide) groups is 1. The number of carbonyl (C=O) groups excluding carboxylic acids is 1. The van der Waals surface area contributed by atoms with Gasteiger partial charge in [-0.1, -0.05) is 29.5 Å². The number of hydrogen-bond acceptors (Lipinski definition) is 6. The fourth-order valence-electron chi connectivity index (χ4n) is 2.58. The SMILES string of the molecule is COc1ccc(-c2nnc(SCC(=O)Nc3ccc(C)cc3C)n2N)cc1. The van der Waals surface area contributed by atoms with Crippen molar-refractivity contribution in [2.24, 2.45) is 0 Å². The Hall–Kier alpha value is -3.00. The molecule has 1 aromatic heterocycles. The van der Waals surface area contributed by atoms with Gasteiger partial charge < -0.3 is 15.9 Å². The second kappa shape index (κ2) is 8.13. The van der Waals surface area contributed by atoms with Gasteiger partial charge >= 0.3 is 0 Å². The van der Waals surface area contributed by atoms with E-state index in [0.29, 0.717) is 11.0 Å². The minimum Gasteiger partial charge on any atom is -0.497 e. The molecule has 0 radical (unpaired) electrons. The van der Waals surface area contributed by atoms with Crippen LogP contribution in [0.2, 0.25) is 0 Å². The number of aryl methyl sites for hydroxylation is 2. The lowest BCUT2D eigenvalue weighted by molar-refractivity contribution is -0.113. The molecule has 140 valence electrons. The third-order valence-electron chi connectivity index (χ3n) is 4.00. The zero-order chi connectivity index (χ0) is 19.4. The molecule has 0 aliphatic rings. The monoisotopic (exact) mass is 383 g/mol. The number of nitrogens with zero attached hydrogens (tertiary/aromatic N) is 3. The smallest absolute Gasteiger partial charge is 0.234 e. The largest absolute Gasteiger partial charge is 0.497 e. The summed E-state index contributed by atoms with van der Waals surface area (Å²) in [5.41, 5.74) is 3.80. The van der Waals surface area contributed by atoms with Gasteiger partial charge in [0.2, 0.25) is 11.1 Å². The third-order valence-corrected chi connectivity index (χ3v) is 4.94. The standard InChI is InChI=1S/C19H21N5O2S/c1-12-4-9-16(13(2)10-12)21-17(25)11-27-19-23-22-18(24(19)20)14-5-7-15(26-3)8-6-14/h4-10H,11,20H2,1-3H3,(H,21,25). The Kier molecular flexibility index (Phi) is 5.66. The van der Waals surface area contributed by atoms with Crippen LogP contribution in [0.25, 0.3) is 11.4 Å². The van der Waals surface area contributed by atoms with Crippen molar-refractivity contribution in [1.82, 2.24) is 14.9 Å². The van der Waals surface area contributed by atoms with Crippen LogP contribution in [0.1, 0.15) is 11.1 Å². The average molecular weight is 383 g/mol. The number of benzene rings is 2. The van der Waals surface area contributed by atoms with Crippen molar-refractivity contribution >= 4 is 23.4 Å². The van der Waals surface area contributed by atoms with Gasteiger partial charge in [-0.3, -0.25) is 4.79 Å². The van der Waals surface area contributed by atoms with Crippen LogP contribution in [0.3, 0.4) is 0 Å². The second-order valence-electron chi connectivity index (χ2n) is 6.06. The number of methoxy groups -OCH3 is 1. The first kappa shape index (κ1) is 18.8. The predicted molar refractivity (Wildman–Crippen MR) is 107 cm³/mol. The Labute approximate surface area is 161 Å². The molecule has 27 heavy (non-hydrogen) atoms. The normalized spacial score (nSPS) is 10.6. The van der Waals surface area contributed by atoms with Crippen molar-refractivity contribution in [1.29, 1.82) is 0 Å². The maximum Gasteiger partial charge on any atom is 0.234 e. The predicted octanol–water partition coefficient (Wildman–Crippen LogP) is 3.02. The van der Waals surface area contributed by atoms with E-state index in [9.17, 15) is 4.79 Å². The van der Waals surface area contributed by atoms with E-state index in [1.165, 1.54) is 16.4 Å². The van der Waals surface area contributed by atoms with Crippen molar-refractivity contribution in [3.63, 3.8) is 0 Å². The van der Waals surface area contributed by atoms with Crippen molar-refractivity contribution in [3.05, 3.63) is 53.6 Å². The van der Waals surface area contributed by atoms with Crippen LogP contribution in [0.5, 0.6) is 5.75 Å². The summed E-state index contributed by atoms with van der Waals surface area (Å²) in [5.74, 6) is 7.43. The summed E-state index contributed by atoms with van der Waals surface area (Å²) in [6.07, 6.45) is 0. The lowest BCUT2D eigenvalue weighted by atomic mass is 10.1. The minimum atomic E-state index is -0.124. The van der Waals surface area contributed by atoms with Crippen LogP contribution in [-0.4, -0.2) is 33.6 Å². The van der Waals surface area contributed by atoms with E-state index in [1.54, 1.807) is 7.11 Å². The maximum absolute atomic E-state index is 12.2. The van der Waals surface area contributed by atoms with Crippen molar-refractivity contribution in [2.45, 2.75) is 19.0 Å². The summed E-state index contributed by atoms with van der Waals surface area (Å²) >= 11 is 1.23. The van der Waals surface area contributed by atoms with Crippen LogP contribution < -0.4 is 15.9 Å². The van der Waals surface area contributed by atoms with Crippen LogP contribution in [-0.2, 0) is 4.79 Å². The number of carbonyl (C=O) groups is 1. The van der Waals surface area contributed by atoms with Gasteiger partial charge in [0.1, 0.15) is 5.75 Å². The Balaban J connectivity index is 1.64. The Morgan fingerprint density at radius 2 is 1.93 bits per heavy atom. The fraction of sp³-hybridized carbons (Fsp3) is 0.211. The van der Waals surface area contributed by atoms with E-state index in [2.05, 4.69) is 15.5 Å². The maximum atomic E-state index is 12.2. The van der Waals surface area contributed by atoms with E-state index in [1.807, 2.05) is 56.3 Å². The number of nitrogens with one attached hydrogen (secondary N) is 1. The summed E-state index contributed by atoms with van der Waals surface area (Å²) in [6.45, 7) is 3.98. The summed E-state index contributed by atoms with van der Waals surface area (Å²) in [4.78, 5) is 12.2. The molecule has 0 atom stereocenters. The summed E-state index contributed by atoms with van der Waals surface area (Å²) < 4.78 is 6.53. The molecule has 0 saturated heterocycles. The molecular weight excluding hydrogens is 362 g/mol. The quantitative estimate of drug-likeness (QED) is 0.502. The highest BCUT2D eigenvalue weighted by Gasteiger charge is 2.14. The first-order chi connectivity index (χ1) is 13.0. The van der Waals surface area contributed by atoms with Crippen molar-refractivity contribution in [3.8, 4) is 17.1 Å². The highest BCUT2D eigenvalue weighted by Crippen LogP contribution is 2.24. The zero-order valence-corrected chi connectivity index (χ0v) is 16.2. The molecule has 3 N–H and O–H groups in total. The number of rotatable bonds is 6. The molecule has 2 aromatic carbocycles. The summed E-state index contributed by atoms with van der Waals surface area (Å²) in [5, 5.41) is 11.6. The van der Waals surface area contributed by atoms with Crippen LogP contribution in [0.15, 0.2) is 47.6 Å². The van der Waals surface area contributed by atoms with E-state index in [4.69, 9.17) is 10.6 Å². The zero-order valence-electron chi connectivity index (χ0n) is 15.4. The molecule has 0 spiro atoms. The van der Waals surface area contributed by atoms with E-state index in [0.717, 1.165) is 28.1 Å². The molecule has 0 saturated carbocycles. The number of aromatic nitrogens is 3. The number of ether oxygens (including phenoxy) is 1. The topological polar surface area (TPSA) is 95.1 Å². The van der Waals surface area contributed by atoms with Crippen LogP contribution in [0, 0.1) is 13.8 Å². The molecule has 0 aliphatic heterocycles. The van der Waals surface area contributed by atoms with Gasteiger partial charge in [0, 0.05) is 11.3 Å². The minimum absolute atomic E-state index is 0.124. The van der Waals surface area contributed by atoms with E-state index < -0.39 is 0 Å². The van der Waals surface area contributed by atoms with Gasteiger partial charge in [-0.05, 0) is 49.7 Å². The molecule has 3 rings (SSSR count). The average Bonchev–Trinajstić information content (AvgIpc) is 3.03. The van der Waals surface area contributed by atoms with Gasteiger partial charge in [0.05, 0.1) is 12.9 Å². The van der Waals surface area contributed by atoms with Gasteiger partial charge in [-0.15, -0.1) is 10.2 Å². The highest BCUT2D eigenvalue weighted by atomic mass is 32.2. The summed E-state index contributed by atoms with van der Waals surface area (Å²) in [7, 11) is 1.61. The Bertz CT molecular complexity index is 953. The molecular formula is C19H21N5O2S. The molecule has 0 unspecified atom stereocenters. The highest BCUT2D eigenvalue weighted by molar-refractivity contribution is 7.99. The number of hydrogen-bond donors (Lipinski definition) is 2. The van der Waals surface area contributed by atoms with E-state index >= 15 is 0 Å². The van der Waals surface area contributed by atoms with Crippen molar-refractivity contribution in [2.75, 3.05) is 24.0 Å². The lowest BCUT2D eigenvalue weighted by Crippen LogP contribution is -2.17. The van der Waals surface area contributed by atoms with Crippen LogP contribution >= 0.6 is 11.8 Å². The van der Waals surface area contributed by atoms with Crippen molar-refractivity contribution < 1.29 is 9.53 Å². The van der Waals surface area contributed by atoms with E-state index in [-0.39, 0.29) is 11.7 Å². The second-order valence-corrected chi connectivity index (χ2v) is 7.00. The molecule has 1 heterocycles. The van der Waals surface area contributed by atoms with Gasteiger partial charge in [0.25, 0.3) is 0 Å². The molecule has 3 aromatic rings. The molecule has 7 nitrogen and oxygen atoms in total. The number of nitrogen functional groups attached to an aromatic ring is 1. The Morgan fingerprint density at radius 1 is 1.19 bits per heavy atom.